The van der Waals surface area contributed by atoms with E-state index in [-0.39, 0.29) is 4.21 Å². The van der Waals surface area contributed by atoms with E-state index in [0.29, 0.717) is 6.42 Å². The van der Waals surface area contributed by atoms with Crippen molar-refractivity contribution in [2.24, 2.45) is 0 Å². The lowest BCUT2D eigenvalue weighted by Gasteiger charge is -2.07. The van der Waals surface area contributed by atoms with Crippen LogP contribution in [0, 0.1) is 11.6 Å². The van der Waals surface area contributed by atoms with E-state index in [0.717, 1.165) is 34.4 Å². The summed E-state index contributed by atoms with van der Waals surface area (Å²) in [6, 6.07) is 5.75. The van der Waals surface area contributed by atoms with E-state index < -0.39 is 27.3 Å². The molecule has 0 unspecified atom stereocenters. The molecule has 0 saturated carbocycles. The first-order valence-corrected chi connectivity index (χ1v) is 7.79. The number of benzene rings is 1. The van der Waals surface area contributed by atoms with Crippen LogP contribution in [-0.4, -0.2) is 8.42 Å². The first-order valence-electron chi connectivity index (χ1n) is 5.49. The summed E-state index contributed by atoms with van der Waals surface area (Å²) in [4.78, 5) is 0.903. The van der Waals surface area contributed by atoms with Crippen molar-refractivity contribution < 1.29 is 17.2 Å². The van der Waals surface area contributed by atoms with Gasteiger partial charge in [-0.3, -0.25) is 4.72 Å². The Morgan fingerprint density at radius 1 is 1.21 bits per heavy atom. The molecule has 19 heavy (non-hydrogen) atoms. The lowest BCUT2D eigenvalue weighted by atomic mass is 10.3. The van der Waals surface area contributed by atoms with E-state index in [1.165, 1.54) is 6.07 Å². The first kappa shape index (κ1) is 14.0. The van der Waals surface area contributed by atoms with Gasteiger partial charge in [-0.05, 0) is 30.7 Å². The van der Waals surface area contributed by atoms with Crippen molar-refractivity contribution in [2.45, 2.75) is 17.6 Å². The lowest BCUT2D eigenvalue weighted by Crippen LogP contribution is -2.12. The molecule has 1 aromatic heterocycles. The molecule has 0 radical (unpaired) electrons. The number of halogens is 2. The van der Waals surface area contributed by atoms with Gasteiger partial charge in [-0.15, -0.1) is 11.3 Å². The number of sulfonamides is 1. The summed E-state index contributed by atoms with van der Waals surface area (Å²) >= 11 is 1.10. The number of hydrogen-bond donors (Lipinski definition) is 1. The number of nitrogens with one attached hydrogen (secondary N) is 1. The molecule has 0 saturated heterocycles. The molecule has 2 rings (SSSR count). The van der Waals surface area contributed by atoms with Crippen molar-refractivity contribution in [3.63, 3.8) is 0 Å². The highest BCUT2D eigenvalue weighted by atomic mass is 32.2. The van der Waals surface area contributed by atoms with Crippen LogP contribution in [0.5, 0.6) is 0 Å². The molecule has 102 valence electrons. The highest BCUT2D eigenvalue weighted by Crippen LogP contribution is 2.25. The van der Waals surface area contributed by atoms with Gasteiger partial charge < -0.3 is 0 Å². The van der Waals surface area contributed by atoms with Gasteiger partial charge in [0.05, 0.1) is 5.69 Å². The Kier molecular flexibility index (Phi) is 3.86. The topological polar surface area (TPSA) is 46.2 Å². The summed E-state index contributed by atoms with van der Waals surface area (Å²) in [5.74, 6) is -1.53. The molecule has 3 nitrogen and oxygen atoms in total. The lowest BCUT2D eigenvalue weighted by molar-refractivity contribution is 0.595. The van der Waals surface area contributed by atoms with Crippen molar-refractivity contribution in [3.8, 4) is 0 Å². The predicted molar refractivity (Wildman–Crippen MR) is 70.9 cm³/mol. The summed E-state index contributed by atoms with van der Waals surface area (Å²) in [5.41, 5.74) is -0.397. The van der Waals surface area contributed by atoms with E-state index in [1.807, 2.05) is 11.6 Å². The maximum atomic E-state index is 13.4. The first-order chi connectivity index (χ1) is 8.92. The molecule has 0 aliphatic heterocycles. The maximum Gasteiger partial charge on any atom is 0.271 e. The molecule has 1 heterocycles. The minimum atomic E-state index is -3.88. The molecule has 0 aliphatic carbocycles. The molecule has 0 atom stereocenters. The van der Waals surface area contributed by atoms with Gasteiger partial charge in [0.2, 0.25) is 0 Å². The quantitative estimate of drug-likeness (QED) is 0.941. The largest absolute Gasteiger partial charge is 0.276 e. The van der Waals surface area contributed by atoms with Crippen LogP contribution in [0.2, 0.25) is 0 Å². The number of rotatable bonds is 4. The van der Waals surface area contributed by atoms with Crippen molar-refractivity contribution in [3.05, 3.63) is 46.8 Å². The average Bonchev–Trinajstić information content (AvgIpc) is 2.83. The Balaban J connectivity index is 2.33. The smallest absolute Gasteiger partial charge is 0.271 e. The van der Waals surface area contributed by atoms with Crippen LogP contribution in [0.3, 0.4) is 0 Å². The molecular weight excluding hydrogens is 292 g/mol. The van der Waals surface area contributed by atoms with Gasteiger partial charge in [-0.2, -0.15) is 0 Å². The molecule has 0 fully saturated rings. The van der Waals surface area contributed by atoms with Crippen LogP contribution >= 0.6 is 11.3 Å². The van der Waals surface area contributed by atoms with Crippen molar-refractivity contribution in [2.75, 3.05) is 4.72 Å². The highest BCUT2D eigenvalue weighted by Gasteiger charge is 2.18. The number of aryl methyl sites for hydroxylation is 1. The van der Waals surface area contributed by atoms with Gasteiger partial charge in [0.25, 0.3) is 10.0 Å². The fraction of sp³-hybridized carbons (Fsp3) is 0.167. The van der Waals surface area contributed by atoms with Gasteiger partial charge in [-0.25, -0.2) is 17.2 Å². The molecule has 0 spiro atoms. The number of hydrogen-bond acceptors (Lipinski definition) is 3. The number of anilines is 1. The number of thiophene rings is 1. The zero-order valence-electron chi connectivity index (χ0n) is 9.98. The van der Waals surface area contributed by atoms with Crippen LogP contribution in [-0.2, 0) is 16.4 Å². The van der Waals surface area contributed by atoms with Crippen molar-refractivity contribution in [1.29, 1.82) is 0 Å². The van der Waals surface area contributed by atoms with Crippen molar-refractivity contribution in [1.82, 2.24) is 0 Å². The molecular formula is C12H11F2NO2S2. The second-order valence-electron chi connectivity index (χ2n) is 3.80. The summed E-state index contributed by atoms with van der Waals surface area (Å²) in [5, 5.41) is 0. The fourth-order valence-corrected chi connectivity index (χ4v) is 3.82. The Morgan fingerprint density at radius 3 is 2.58 bits per heavy atom. The van der Waals surface area contributed by atoms with E-state index >= 15 is 0 Å². The Bertz CT molecular complexity index is 696. The second kappa shape index (κ2) is 5.26. The van der Waals surface area contributed by atoms with Crippen LogP contribution < -0.4 is 4.72 Å². The summed E-state index contributed by atoms with van der Waals surface area (Å²) in [6.45, 7) is 1.90. The van der Waals surface area contributed by atoms with E-state index in [1.54, 1.807) is 6.07 Å². The van der Waals surface area contributed by atoms with Gasteiger partial charge >= 0.3 is 0 Å². The average molecular weight is 303 g/mol. The van der Waals surface area contributed by atoms with E-state index in [4.69, 9.17) is 0 Å². The minimum absolute atomic E-state index is 0.0769. The van der Waals surface area contributed by atoms with Gasteiger partial charge in [-0.1, -0.05) is 6.92 Å². The van der Waals surface area contributed by atoms with Crippen molar-refractivity contribution >= 4 is 27.0 Å². The third-order valence-electron chi connectivity index (χ3n) is 2.42. The summed E-state index contributed by atoms with van der Waals surface area (Å²) < 4.78 is 52.5. The molecule has 1 aromatic carbocycles. The van der Waals surface area contributed by atoms with Crippen LogP contribution in [0.4, 0.5) is 14.5 Å². The van der Waals surface area contributed by atoms with Crippen LogP contribution in [0.15, 0.2) is 34.5 Å². The Morgan fingerprint density at radius 2 is 1.95 bits per heavy atom. The SMILES string of the molecule is CCc1ccc(S(=O)(=O)Nc2cc(F)ccc2F)s1. The Labute approximate surface area is 114 Å². The third-order valence-corrected chi connectivity index (χ3v) is 5.51. The normalized spacial score (nSPS) is 11.5. The maximum absolute atomic E-state index is 13.4. The molecule has 0 aliphatic rings. The van der Waals surface area contributed by atoms with Crippen LogP contribution in [0.25, 0.3) is 0 Å². The molecule has 0 amide bonds. The van der Waals surface area contributed by atoms with E-state index in [9.17, 15) is 17.2 Å². The van der Waals surface area contributed by atoms with E-state index in [2.05, 4.69) is 0 Å². The Hall–Kier alpha value is -1.47. The molecule has 7 heteroatoms. The van der Waals surface area contributed by atoms with Gasteiger partial charge in [0.15, 0.2) is 0 Å². The van der Waals surface area contributed by atoms with Gasteiger partial charge in [0.1, 0.15) is 15.8 Å². The predicted octanol–water partition coefficient (Wildman–Crippen LogP) is 3.39. The standard InChI is InChI=1S/C12H11F2NO2S2/c1-2-9-4-6-12(18-9)19(16,17)15-11-7-8(13)3-5-10(11)14/h3-7,15H,2H2,1H3. The molecule has 2 aromatic rings. The molecule has 1 N–H and O–H groups in total. The monoisotopic (exact) mass is 303 g/mol. The van der Waals surface area contributed by atoms with Gasteiger partial charge in [0, 0.05) is 10.9 Å². The summed E-state index contributed by atoms with van der Waals surface area (Å²) in [6.07, 6.45) is 0.717. The zero-order chi connectivity index (χ0) is 14.0. The summed E-state index contributed by atoms with van der Waals surface area (Å²) in [7, 11) is -3.88. The highest BCUT2D eigenvalue weighted by molar-refractivity contribution is 7.94. The molecule has 0 bridgehead atoms. The fourth-order valence-electron chi connectivity index (χ4n) is 1.46. The second-order valence-corrected chi connectivity index (χ2v) is 6.88. The third kappa shape index (κ3) is 3.10. The minimum Gasteiger partial charge on any atom is -0.276 e. The van der Waals surface area contributed by atoms with Crippen LogP contribution in [0.1, 0.15) is 11.8 Å². The zero-order valence-corrected chi connectivity index (χ0v) is 11.6.